The molecule has 1 aliphatic heterocycles. The highest BCUT2D eigenvalue weighted by molar-refractivity contribution is 6.01. The van der Waals surface area contributed by atoms with Crippen LogP contribution in [0.4, 0.5) is 4.79 Å². The molecule has 1 amide bonds. The Morgan fingerprint density at radius 1 is 0.895 bits per heavy atom. The summed E-state index contributed by atoms with van der Waals surface area (Å²) in [5.74, 6) is 0.0410. The maximum atomic E-state index is 13.1. The third-order valence-electron chi connectivity index (χ3n) is 7.29. The van der Waals surface area contributed by atoms with E-state index in [0.717, 1.165) is 49.2 Å². The van der Waals surface area contributed by atoms with Crippen LogP contribution < -0.4 is 5.32 Å². The molecule has 1 saturated heterocycles. The van der Waals surface area contributed by atoms with Crippen LogP contribution in [0.5, 0.6) is 0 Å². The maximum absolute atomic E-state index is 13.1. The van der Waals surface area contributed by atoms with Crippen molar-refractivity contribution in [1.82, 2.24) is 10.2 Å². The molecule has 6 nitrogen and oxygen atoms in total. The summed E-state index contributed by atoms with van der Waals surface area (Å²) >= 11 is 0. The van der Waals surface area contributed by atoms with Crippen LogP contribution in [0.15, 0.2) is 78.9 Å². The van der Waals surface area contributed by atoms with Gasteiger partial charge in [-0.05, 0) is 67.3 Å². The summed E-state index contributed by atoms with van der Waals surface area (Å²) in [5.41, 5.74) is 5.70. The Bertz CT molecular complexity index is 1160. The lowest BCUT2D eigenvalue weighted by atomic mass is 9.80. The van der Waals surface area contributed by atoms with Gasteiger partial charge in [0, 0.05) is 24.7 Å². The molecule has 0 radical (unpaired) electrons. The first-order valence-corrected chi connectivity index (χ1v) is 13.3. The number of hydrogen-bond donors (Lipinski definition) is 3. The Kier molecular flexibility index (Phi) is 10.5. The zero-order chi connectivity index (χ0) is 27.5. The molecule has 1 aliphatic rings. The van der Waals surface area contributed by atoms with Gasteiger partial charge in [-0.3, -0.25) is 4.79 Å². The Morgan fingerprint density at radius 3 is 2.11 bits per heavy atom. The third-order valence-corrected chi connectivity index (χ3v) is 7.29. The summed E-state index contributed by atoms with van der Waals surface area (Å²) in [4.78, 5) is 24.3. The quantitative estimate of drug-likeness (QED) is 0.305. The second-order valence-electron chi connectivity index (χ2n) is 10.6. The summed E-state index contributed by atoms with van der Waals surface area (Å²) in [5, 5.41) is 17.3. The fourth-order valence-corrected chi connectivity index (χ4v) is 5.01. The van der Waals surface area contributed by atoms with Crippen LogP contribution >= 0.6 is 0 Å². The van der Waals surface area contributed by atoms with Gasteiger partial charge in [0.2, 0.25) is 0 Å². The molecule has 0 aromatic heterocycles. The van der Waals surface area contributed by atoms with Crippen molar-refractivity contribution in [1.29, 1.82) is 0 Å². The van der Waals surface area contributed by atoms with Crippen molar-refractivity contribution in [3.8, 4) is 11.1 Å². The number of carbonyl (C=O) groups excluding carboxylic acids is 1. The van der Waals surface area contributed by atoms with Gasteiger partial charge in [-0.1, -0.05) is 92.2 Å². The largest absolute Gasteiger partial charge is 0.503 e. The van der Waals surface area contributed by atoms with Crippen molar-refractivity contribution in [2.45, 2.75) is 57.9 Å². The monoisotopic (exact) mass is 516 g/mol. The van der Waals surface area contributed by atoms with E-state index in [-0.39, 0.29) is 17.4 Å². The highest BCUT2D eigenvalue weighted by atomic mass is 16.6. The minimum absolute atomic E-state index is 0.0410. The highest BCUT2D eigenvalue weighted by Crippen LogP contribution is 2.28. The lowest BCUT2D eigenvalue weighted by Gasteiger charge is -2.33. The number of rotatable bonds is 8. The van der Waals surface area contributed by atoms with Crippen molar-refractivity contribution >= 4 is 12.1 Å². The SMILES string of the molecule is Cc1ccc(-c2ccccc2C(=O)NC2CCN(CCCC(C)(C)c3ccccc3)CC2)cc1.O=C(O)O. The van der Waals surface area contributed by atoms with Crippen LogP contribution in [0.25, 0.3) is 11.1 Å². The molecule has 0 unspecified atom stereocenters. The molecule has 0 aliphatic carbocycles. The molecule has 1 heterocycles. The van der Waals surface area contributed by atoms with E-state index in [4.69, 9.17) is 15.0 Å². The third kappa shape index (κ3) is 8.73. The van der Waals surface area contributed by atoms with Crippen molar-refractivity contribution in [3.63, 3.8) is 0 Å². The van der Waals surface area contributed by atoms with E-state index in [1.54, 1.807) is 0 Å². The fraction of sp³-hybridized carbons (Fsp3) is 0.375. The lowest BCUT2D eigenvalue weighted by Crippen LogP contribution is -2.45. The molecule has 6 heteroatoms. The topological polar surface area (TPSA) is 89.9 Å². The molecule has 202 valence electrons. The summed E-state index contributed by atoms with van der Waals surface area (Å²) in [6.45, 7) is 10.0. The van der Waals surface area contributed by atoms with Crippen LogP contribution in [-0.4, -0.2) is 52.9 Å². The van der Waals surface area contributed by atoms with Crippen molar-refractivity contribution < 1.29 is 19.8 Å². The van der Waals surface area contributed by atoms with E-state index in [1.807, 2.05) is 24.3 Å². The zero-order valence-electron chi connectivity index (χ0n) is 22.7. The second kappa shape index (κ2) is 13.8. The number of benzene rings is 3. The summed E-state index contributed by atoms with van der Waals surface area (Å²) in [6, 6.07) is 27.4. The Balaban J connectivity index is 0.000000934. The first kappa shape index (κ1) is 28.9. The average molecular weight is 517 g/mol. The maximum Gasteiger partial charge on any atom is 0.503 e. The second-order valence-corrected chi connectivity index (χ2v) is 10.6. The molecule has 3 aromatic carbocycles. The normalized spacial score (nSPS) is 14.3. The summed E-state index contributed by atoms with van der Waals surface area (Å²) < 4.78 is 0. The number of carbonyl (C=O) groups is 2. The van der Waals surface area contributed by atoms with Crippen LogP contribution in [0.1, 0.15) is 61.0 Å². The number of likely N-dealkylation sites (tertiary alicyclic amines) is 1. The highest BCUT2D eigenvalue weighted by Gasteiger charge is 2.24. The molecule has 0 bridgehead atoms. The van der Waals surface area contributed by atoms with Crippen LogP contribution in [0.2, 0.25) is 0 Å². The Labute approximate surface area is 226 Å². The number of piperidine rings is 1. The average Bonchev–Trinajstić information content (AvgIpc) is 2.90. The van der Waals surface area contributed by atoms with Crippen molar-refractivity contribution in [2.24, 2.45) is 0 Å². The lowest BCUT2D eigenvalue weighted by molar-refractivity contribution is 0.0910. The zero-order valence-corrected chi connectivity index (χ0v) is 22.7. The van der Waals surface area contributed by atoms with Gasteiger partial charge in [0.1, 0.15) is 0 Å². The van der Waals surface area contributed by atoms with E-state index in [9.17, 15) is 4.79 Å². The Morgan fingerprint density at radius 2 is 1.47 bits per heavy atom. The fourth-order valence-electron chi connectivity index (χ4n) is 5.01. The van der Waals surface area contributed by atoms with Crippen LogP contribution in [0, 0.1) is 6.92 Å². The van der Waals surface area contributed by atoms with Crippen LogP contribution in [0.3, 0.4) is 0 Å². The van der Waals surface area contributed by atoms with Crippen molar-refractivity contribution in [3.05, 3.63) is 95.6 Å². The number of amides is 1. The van der Waals surface area contributed by atoms with Gasteiger partial charge >= 0.3 is 6.16 Å². The van der Waals surface area contributed by atoms with Gasteiger partial charge in [0.25, 0.3) is 5.91 Å². The molecule has 38 heavy (non-hydrogen) atoms. The molecule has 3 aromatic rings. The molecule has 3 N–H and O–H groups in total. The first-order valence-electron chi connectivity index (χ1n) is 13.3. The van der Waals surface area contributed by atoms with Crippen LogP contribution in [-0.2, 0) is 5.41 Å². The van der Waals surface area contributed by atoms with E-state index >= 15 is 0 Å². The van der Waals surface area contributed by atoms with Gasteiger partial charge in [0.15, 0.2) is 0 Å². The van der Waals surface area contributed by atoms with Gasteiger partial charge in [-0.2, -0.15) is 0 Å². The van der Waals surface area contributed by atoms with Gasteiger partial charge in [-0.15, -0.1) is 0 Å². The molecule has 0 saturated carbocycles. The summed E-state index contributed by atoms with van der Waals surface area (Å²) in [7, 11) is 0. The number of carboxylic acid groups (broad SMARTS) is 2. The summed E-state index contributed by atoms with van der Waals surface area (Å²) in [6.07, 6.45) is 2.58. The van der Waals surface area contributed by atoms with E-state index in [1.165, 1.54) is 24.0 Å². The number of aryl methyl sites for hydroxylation is 1. The van der Waals surface area contributed by atoms with E-state index in [2.05, 4.69) is 85.6 Å². The molecule has 4 rings (SSSR count). The van der Waals surface area contributed by atoms with Crippen molar-refractivity contribution in [2.75, 3.05) is 19.6 Å². The molecular formula is C32H40N2O4. The smallest absolute Gasteiger partial charge is 0.450 e. The molecule has 0 atom stereocenters. The minimum Gasteiger partial charge on any atom is -0.450 e. The standard InChI is InChI=1S/C31H38N2O.CH2O3/c1-24-14-16-25(17-15-24)28-12-7-8-13-29(28)30(34)32-27-18-22-33(23-19-27)21-9-20-31(2,3)26-10-5-4-6-11-26;2-1(3)4/h4-8,10-17,27H,9,18-23H2,1-3H3,(H,32,34);(H2,2,3,4). The predicted octanol–water partition coefficient (Wildman–Crippen LogP) is 6.84. The molecular weight excluding hydrogens is 476 g/mol. The van der Waals surface area contributed by atoms with Gasteiger partial charge < -0.3 is 20.4 Å². The predicted molar refractivity (Wildman–Crippen MR) is 153 cm³/mol. The number of nitrogens with one attached hydrogen (secondary N) is 1. The molecule has 1 fully saturated rings. The Hall–Kier alpha value is -3.64. The first-order chi connectivity index (χ1) is 18.2. The van der Waals surface area contributed by atoms with Gasteiger partial charge in [0.05, 0.1) is 0 Å². The number of hydrogen-bond acceptors (Lipinski definition) is 3. The minimum atomic E-state index is -1.83. The molecule has 0 spiro atoms. The van der Waals surface area contributed by atoms with Gasteiger partial charge in [-0.25, -0.2) is 4.79 Å². The number of nitrogens with zero attached hydrogens (tertiary/aromatic N) is 1. The van der Waals surface area contributed by atoms with E-state index < -0.39 is 6.16 Å². The van der Waals surface area contributed by atoms with E-state index in [0.29, 0.717) is 0 Å².